The smallest absolute Gasteiger partial charge is 0.252 e. The van der Waals surface area contributed by atoms with Crippen LogP contribution in [0.15, 0.2) is 72.8 Å². The number of carbonyl (C=O) groups is 3. The van der Waals surface area contributed by atoms with E-state index in [4.69, 9.17) is 14.6 Å². The lowest BCUT2D eigenvalue weighted by molar-refractivity contribution is -0.120. The average Bonchev–Trinajstić information content (AvgIpc) is 3.32. The Balaban J connectivity index is 1.50. The Bertz CT molecular complexity index is 1160. The van der Waals surface area contributed by atoms with Crippen LogP contribution in [0.2, 0.25) is 0 Å². The van der Waals surface area contributed by atoms with E-state index in [1.54, 1.807) is 42.5 Å². The maximum Gasteiger partial charge on any atom is 0.252 e. The number of ketones is 2. The van der Waals surface area contributed by atoms with E-state index in [0.29, 0.717) is 34.6 Å². The van der Waals surface area contributed by atoms with Crippen molar-refractivity contribution in [1.82, 2.24) is 5.32 Å². The summed E-state index contributed by atoms with van der Waals surface area (Å²) in [7, 11) is 0. The summed E-state index contributed by atoms with van der Waals surface area (Å²) in [4.78, 5) is 37.7. The second-order valence-electron chi connectivity index (χ2n) is 7.71. The fourth-order valence-electron chi connectivity index (χ4n) is 3.60. The van der Waals surface area contributed by atoms with Crippen molar-refractivity contribution < 1.29 is 29.0 Å². The third-order valence-corrected chi connectivity index (χ3v) is 5.41. The van der Waals surface area contributed by atoms with Gasteiger partial charge in [0, 0.05) is 17.5 Å². The Morgan fingerprint density at radius 3 is 2.27 bits per heavy atom. The summed E-state index contributed by atoms with van der Waals surface area (Å²) in [5, 5.41) is 11.8. The van der Waals surface area contributed by atoms with Crippen molar-refractivity contribution in [3.8, 4) is 11.5 Å². The van der Waals surface area contributed by atoms with Crippen LogP contribution < -0.4 is 14.8 Å². The van der Waals surface area contributed by atoms with Crippen LogP contribution in [-0.2, 0) is 17.6 Å². The van der Waals surface area contributed by atoms with Gasteiger partial charge in [0.25, 0.3) is 5.91 Å². The molecule has 0 saturated carbocycles. The Morgan fingerprint density at radius 1 is 0.848 bits per heavy atom. The number of aliphatic hydroxyl groups excluding tert-OH is 1. The monoisotopic (exact) mass is 445 g/mol. The van der Waals surface area contributed by atoms with E-state index in [0.717, 1.165) is 5.56 Å². The van der Waals surface area contributed by atoms with Crippen molar-refractivity contribution in [1.29, 1.82) is 0 Å². The molecule has 0 aliphatic carbocycles. The molecule has 1 heterocycles. The average molecular weight is 445 g/mol. The van der Waals surface area contributed by atoms with E-state index in [-0.39, 0.29) is 30.7 Å². The highest BCUT2D eigenvalue weighted by Gasteiger charge is 2.24. The minimum absolute atomic E-state index is 0.0898. The summed E-state index contributed by atoms with van der Waals surface area (Å²) in [5.74, 6) is 0.143. The first-order valence-corrected chi connectivity index (χ1v) is 10.5. The number of benzene rings is 3. The number of ether oxygens (including phenoxy) is 2. The Kier molecular flexibility index (Phi) is 6.80. The molecule has 2 N–H and O–H groups in total. The molecule has 7 heteroatoms. The maximum absolute atomic E-state index is 13.2. The molecule has 0 radical (unpaired) electrons. The summed E-state index contributed by atoms with van der Waals surface area (Å²) in [5.41, 5.74) is 2.39. The molecule has 0 spiro atoms. The van der Waals surface area contributed by atoms with E-state index in [1.807, 2.05) is 30.3 Å². The number of hydrogen-bond acceptors (Lipinski definition) is 6. The van der Waals surface area contributed by atoms with E-state index >= 15 is 0 Å². The van der Waals surface area contributed by atoms with Crippen molar-refractivity contribution in [2.24, 2.45) is 0 Å². The summed E-state index contributed by atoms with van der Waals surface area (Å²) in [6.45, 7) is -0.457. The van der Waals surface area contributed by atoms with E-state index in [2.05, 4.69) is 5.32 Å². The van der Waals surface area contributed by atoms with Crippen molar-refractivity contribution in [3.63, 3.8) is 0 Å². The number of carbonyl (C=O) groups excluding carboxylic acids is 3. The number of aliphatic hydroxyl groups is 1. The molecule has 0 saturated heterocycles. The normalized spacial score (nSPS) is 12.8. The molecule has 4 rings (SSSR count). The topological polar surface area (TPSA) is 102 Å². The van der Waals surface area contributed by atoms with Gasteiger partial charge in [0.2, 0.25) is 6.79 Å². The van der Waals surface area contributed by atoms with Crippen LogP contribution in [-0.4, -0.2) is 42.0 Å². The first kappa shape index (κ1) is 22.2. The molecule has 1 aliphatic heterocycles. The third kappa shape index (κ3) is 5.45. The second kappa shape index (κ2) is 10.1. The predicted molar refractivity (Wildman–Crippen MR) is 121 cm³/mol. The molecule has 1 amide bonds. The third-order valence-electron chi connectivity index (χ3n) is 5.41. The molecule has 0 fully saturated rings. The lowest BCUT2D eigenvalue weighted by Gasteiger charge is -2.18. The highest BCUT2D eigenvalue weighted by molar-refractivity contribution is 5.99. The lowest BCUT2D eigenvalue weighted by atomic mass is 9.96. The van der Waals surface area contributed by atoms with Gasteiger partial charge in [-0.15, -0.1) is 0 Å². The summed E-state index contributed by atoms with van der Waals surface area (Å²) in [6.07, 6.45) is 0.434. The van der Waals surface area contributed by atoms with Crippen LogP contribution in [0, 0.1) is 0 Å². The first-order valence-electron chi connectivity index (χ1n) is 10.5. The number of rotatable bonds is 9. The first-order chi connectivity index (χ1) is 16.0. The van der Waals surface area contributed by atoms with E-state index in [1.165, 1.54) is 0 Å². The molecule has 1 aliphatic rings. The zero-order chi connectivity index (χ0) is 23.2. The van der Waals surface area contributed by atoms with Gasteiger partial charge >= 0.3 is 0 Å². The molecule has 0 aromatic heterocycles. The minimum Gasteiger partial charge on any atom is -0.454 e. The highest BCUT2D eigenvalue weighted by atomic mass is 16.7. The number of Topliss-reactive ketones (excluding diaryl/α,β-unsaturated/α-hetero) is 2. The fraction of sp³-hybridized carbons (Fsp3) is 0.192. The lowest BCUT2D eigenvalue weighted by Crippen LogP contribution is -2.43. The molecule has 3 aromatic carbocycles. The van der Waals surface area contributed by atoms with Gasteiger partial charge in [-0.3, -0.25) is 14.4 Å². The summed E-state index contributed by atoms with van der Waals surface area (Å²) < 4.78 is 10.6. The predicted octanol–water partition coefficient (Wildman–Crippen LogP) is 2.74. The van der Waals surface area contributed by atoms with E-state index in [9.17, 15) is 14.4 Å². The molecule has 168 valence electrons. The summed E-state index contributed by atoms with van der Waals surface area (Å²) >= 11 is 0. The van der Waals surface area contributed by atoms with Gasteiger partial charge in [-0.2, -0.15) is 0 Å². The van der Waals surface area contributed by atoms with Gasteiger partial charge in [0.05, 0.1) is 6.04 Å². The standard InChI is InChI=1S/C26H23NO6/c28-15-23(30)19-8-6-18(7-9-19)13-22(29)21(12-17-4-2-1-3-5-17)27-26(31)20-10-11-24-25(14-20)33-16-32-24/h1-11,14,21,28H,12-13,15-16H2,(H,27,31)/t21-/m0/s1. The SMILES string of the molecule is O=C(CO)c1ccc(CC(=O)[C@H](Cc2ccccc2)NC(=O)c2ccc3c(c2)OCO3)cc1. The maximum atomic E-state index is 13.2. The Hall–Kier alpha value is -3.97. The van der Waals surface area contributed by atoms with E-state index < -0.39 is 12.6 Å². The van der Waals surface area contributed by atoms with Gasteiger partial charge in [-0.05, 0) is 35.7 Å². The molecule has 33 heavy (non-hydrogen) atoms. The molecular weight excluding hydrogens is 422 g/mol. The van der Waals surface area contributed by atoms with Crippen molar-refractivity contribution in [3.05, 3.63) is 95.1 Å². The molecule has 1 atom stereocenters. The van der Waals surface area contributed by atoms with Gasteiger partial charge in [-0.1, -0.05) is 54.6 Å². The van der Waals surface area contributed by atoms with Crippen LogP contribution in [0.1, 0.15) is 31.8 Å². The van der Waals surface area contributed by atoms with Crippen molar-refractivity contribution >= 4 is 17.5 Å². The van der Waals surface area contributed by atoms with Crippen LogP contribution in [0.25, 0.3) is 0 Å². The van der Waals surface area contributed by atoms with Gasteiger partial charge < -0.3 is 19.9 Å². The Morgan fingerprint density at radius 2 is 1.55 bits per heavy atom. The molecule has 3 aromatic rings. The number of nitrogens with one attached hydrogen (secondary N) is 1. The van der Waals surface area contributed by atoms with Gasteiger partial charge in [-0.25, -0.2) is 0 Å². The molecule has 0 bridgehead atoms. The van der Waals surface area contributed by atoms with Gasteiger partial charge in [0.1, 0.15) is 6.61 Å². The van der Waals surface area contributed by atoms with Crippen LogP contribution in [0.5, 0.6) is 11.5 Å². The highest BCUT2D eigenvalue weighted by Crippen LogP contribution is 2.32. The zero-order valence-corrected chi connectivity index (χ0v) is 17.8. The van der Waals surface area contributed by atoms with Gasteiger partial charge in [0.15, 0.2) is 23.1 Å². The van der Waals surface area contributed by atoms with Crippen LogP contribution in [0.3, 0.4) is 0 Å². The fourth-order valence-corrected chi connectivity index (χ4v) is 3.60. The summed E-state index contributed by atoms with van der Waals surface area (Å²) in [6, 6.07) is 20.1. The van der Waals surface area contributed by atoms with Crippen molar-refractivity contribution in [2.75, 3.05) is 13.4 Å². The molecule has 7 nitrogen and oxygen atoms in total. The van der Waals surface area contributed by atoms with Crippen LogP contribution in [0.4, 0.5) is 0 Å². The zero-order valence-electron chi connectivity index (χ0n) is 17.8. The van der Waals surface area contributed by atoms with Crippen LogP contribution >= 0.6 is 0 Å². The largest absolute Gasteiger partial charge is 0.454 e. The quantitative estimate of drug-likeness (QED) is 0.491. The van der Waals surface area contributed by atoms with Crippen molar-refractivity contribution in [2.45, 2.75) is 18.9 Å². The number of fused-ring (bicyclic) bond motifs is 1. The minimum atomic E-state index is -0.746. The molecular formula is C26H23NO6. The Labute approximate surface area is 191 Å². The number of amides is 1. The second-order valence-corrected chi connectivity index (χ2v) is 7.71. The number of hydrogen-bond donors (Lipinski definition) is 2. The molecule has 0 unspecified atom stereocenters.